The van der Waals surface area contributed by atoms with E-state index in [2.05, 4.69) is 5.32 Å². The molecule has 1 aliphatic rings. The summed E-state index contributed by atoms with van der Waals surface area (Å²) in [7, 11) is 1.58. The molecule has 1 fully saturated rings. The Hall–Kier alpha value is -3.26. The first-order valence-electron chi connectivity index (χ1n) is 9.78. The van der Waals surface area contributed by atoms with E-state index in [4.69, 9.17) is 9.47 Å². The van der Waals surface area contributed by atoms with Crippen LogP contribution in [0.1, 0.15) is 18.1 Å². The van der Waals surface area contributed by atoms with E-state index in [0.717, 1.165) is 27.8 Å². The van der Waals surface area contributed by atoms with Crippen molar-refractivity contribution in [3.63, 3.8) is 0 Å². The summed E-state index contributed by atoms with van der Waals surface area (Å²) in [4.78, 5) is 38.6. The molecule has 8 heteroatoms. The summed E-state index contributed by atoms with van der Waals surface area (Å²) < 4.78 is 10.8. The summed E-state index contributed by atoms with van der Waals surface area (Å²) in [6.07, 6.45) is 0.965. The highest BCUT2D eigenvalue weighted by Gasteiger charge is 2.34. The van der Waals surface area contributed by atoms with Crippen LogP contribution in [0.15, 0.2) is 53.4 Å². The van der Waals surface area contributed by atoms with Crippen LogP contribution >= 0.6 is 11.8 Å². The number of carbonyl (C=O) groups is 3. The molecule has 3 amide bonds. The number of amides is 3. The first kappa shape index (κ1) is 22.4. The number of rotatable bonds is 8. The maximum atomic E-state index is 12.6. The molecular formula is C23H24N2O5S. The molecule has 1 aliphatic heterocycles. The van der Waals surface area contributed by atoms with E-state index < -0.39 is 6.10 Å². The molecule has 7 nitrogen and oxygen atoms in total. The zero-order valence-corrected chi connectivity index (χ0v) is 18.4. The van der Waals surface area contributed by atoms with Gasteiger partial charge in [-0.2, -0.15) is 0 Å². The van der Waals surface area contributed by atoms with Crippen molar-refractivity contribution in [2.75, 3.05) is 20.2 Å². The standard InChI is InChI=1S/C23H24N2O5S/c1-15-5-4-6-19(13-15)30-16(2)21(26)24-11-12-25-22(27)20(31-23(25)28)14-17-7-9-18(29-3)10-8-17/h4-10,13-14,16H,11-12H2,1-3H3,(H,24,26)/b20-14-. The Labute approximate surface area is 185 Å². The number of aryl methyl sites for hydroxylation is 1. The Kier molecular flexibility index (Phi) is 7.36. The molecule has 1 saturated heterocycles. The Balaban J connectivity index is 1.51. The third-order valence-electron chi connectivity index (χ3n) is 4.59. The molecule has 162 valence electrons. The van der Waals surface area contributed by atoms with Crippen molar-refractivity contribution in [2.45, 2.75) is 20.0 Å². The number of hydrogen-bond acceptors (Lipinski definition) is 6. The molecule has 0 saturated carbocycles. The van der Waals surface area contributed by atoms with Crippen molar-refractivity contribution in [2.24, 2.45) is 0 Å². The lowest BCUT2D eigenvalue weighted by atomic mass is 10.2. The van der Waals surface area contributed by atoms with E-state index >= 15 is 0 Å². The number of nitrogens with zero attached hydrogens (tertiary/aromatic N) is 1. The largest absolute Gasteiger partial charge is 0.497 e. The number of carbonyl (C=O) groups excluding carboxylic acids is 3. The molecule has 2 aromatic carbocycles. The van der Waals surface area contributed by atoms with Crippen LogP contribution in [0.4, 0.5) is 4.79 Å². The van der Waals surface area contributed by atoms with Crippen molar-refractivity contribution in [3.8, 4) is 11.5 Å². The van der Waals surface area contributed by atoms with E-state index in [1.165, 1.54) is 0 Å². The molecule has 0 aliphatic carbocycles. The van der Waals surface area contributed by atoms with Crippen LogP contribution in [-0.4, -0.2) is 48.3 Å². The number of benzene rings is 2. The second-order valence-corrected chi connectivity index (χ2v) is 7.97. The molecule has 0 radical (unpaired) electrons. The second kappa shape index (κ2) is 10.2. The van der Waals surface area contributed by atoms with Gasteiger partial charge in [0.1, 0.15) is 11.5 Å². The fourth-order valence-electron chi connectivity index (χ4n) is 2.93. The lowest BCUT2D eigenvalue weighted by Crippen LogP contribution is -2.41. The van der Waals surface area contributed by atoms with Crippen LogP contribution in [-0.2, 0) is 9.59 Å². The lowest BCUT2D eigenvalue weighted by Gasteiger charge is -2.17. The van der Waals surface area contributed by atoms with Gasteiger partial charge in [0, 0.05) is 13.1 Å². The van der Waals surface area contributed by atoms with Crippen molar-refractivity contribution in [1.29, 1.82) is 0 Å². The number of imide groups is 1. The molecule has 0 spiro atoms. The summed E-state index contributed by atoms with van der Waals surface area (Å²) in [5.41, 5.74) is 1.83. The van der Waals surface area contributed by atoms with Crippen LogP contribution in [0.25, 0.3) is 6.08 Å². The van der Waals surface area contributed by atoms with Gasteiger partial charge < -0.3 is 14.8 Å². The second-order valence-electron chi connectivity index (χ2n) is 6.97. The van der Waals surface area contributed by atoms with Gasteiger partial charge in [-0.1, -0.05) is 24.3 Å². The predicted molar refractivity (Wildman–Crippen MR) is 120 cm³/mol. The smallest absolute Gasteiger partial charge is 0.293 e. The zero-order valence-electron chi connectivity index (χ0n) is 17.6. The lowest BCUT2D eigenvalue weighted by molar-refractivity contribution is -0.128. The number of nitrogens with one attached hydrogen (secondary N) is 1. The highest BCUT2D eigenvalue weighted by molar-refractivity contribution is 8.18. The van der Waals surface area contributed by atoms with E-state index in [9.17, 15) is 14.4 Å². The van der Waals surface area contributed by atoms with Crippen LogP contribution < -0.4 is 14.8 Å². The molecule has 1 N–H and O–H groups in total. The Bertz CT molecular complexity index is 1000. The zero-order chi connectivity index (χ0) is 22.4. The maximum Gasteiger partial charge on any atom is 0.293 e. The fourth-order valence-corrected chi connectivity index (χ4v) is 3.79. The van der Waals surface area contributed by atoms with E-state index in [1.807, 2.05) is 37.3 Å². The third-order valence-corrected chi connectivity index (χ3v) is 5.50. The van der Waals surface area contributed by atoms with Gasteiger partial charge >= 0.3 is 0 Å². The minimum absolute atomic E-state index is 0.0908. The van der Waals surface area contributed by atoms with Gasteiger partial charge in [-0.05, 0) is 67.1 Å². The highest BCUT2D eigenvalue weighted by Crippen LogP contribution is 2.32. The number of hydrogen-bond donors (Lipinski definition) is 1. The van der Waals surface area contributed by atoms with Gasteiger partial charge in [0.2, 0.25) is 0 Å². The highest BCUT2D eigenvalue weighted by atomic mass is 32.2. The third kappa shape index (κ3) is 5.88. The van der Waals surface area contributed by atoms with E-state index in [1.54, 1.807) is 38.3 Å². The summed E-state index contributed by atoms with van der Waals surface area (Å²) in [6, 6.07) is 14.6. The molecule has 3 rings (SSSR count). The molecule has 0 bridgehead atoms. The van der Waals surface area contributed by atoms with Crippen LogP contribution in [0, 0.1) is 6.92 Å². The summed E-state index contributed by atoms with van der Waals surface area (Å²) in [5.74, 6) is 0.630. The minimum atomic E-state index is -0.702. The van der Waals surface area contributed by atoms with E-state index in [-0.39, 0.29) is 30.1 Å². The number of thioether (sulfide) groups is 1. The monoisotopic (exact) mass is 440 g/mol. The quantitative estimate of drug-likeness (QED) is 0.631. The van der Waals surface area contributed by atoms with E-state index in [0.29, 0.717) is 16.4 Å². The average Bonchev–Trinajstić information content (AvgIpc) is 3.01. The Morgan fingerprint density at radius 2 is 1.90 bits per heavy atom. The normalized spacial score (nSPS) is 15.8. The van der Waals surface area contributed by atoms with Crippen LogP contribution in [0.2, 0.25) is 0 Å². The van der Waals surface area contributed by atoms with Crippen LogP contribution in [0.3, 0.4) is 0 Å². The van der Waals surface area contributed by atoms with Crippen molar-refractivity contribution in [3.05, 3.63) is 64.6 Å². The molecular weight excluding hydrogens is 416 g/mol. The van der Waals surface area contributed by atoms with Gasteiger partial charge in [-0.25, -0.2) is 0 Å². The first-order chi connectivity index (χ1) is 14.9. The van der Waals surface area contributed by atoms with Gasteiger partial charge in [0.25, 0.3) is 17.1 Å². The van der Waals surface area contributed by atoms with Crippen molar-refractivity contribution < 1.29 is 23.9 Å². The Morgan fingerprint density at radius 1 is 1.16 bits per heavy atom. The number of methoxy groups -OCH3 is 1. The summed E-state index contributed by atoms with van der Waals surface area (Å²) in [6.45, 7) is 3.83. The van der Waals surface area contributed by atoms with Gasteiger partial charge in [-0.3, -0.25) is 19.3 Å². The first-order valence-corrected chi connectivity index (χ1v) is 10.6. The van der Waals surface area contributed by atoms with Crippen molar-refractivity contribution >= 4 is 34.9 Å². The summed E-state index contributed by atoms with van der Waals surface area (Å²) in [5, 5.41) is 2.35. The predicted octanol–water partition coefficient (Wildman–Crippen LogP) is 3.62. The molecule has 2 aromatic rings. The SMILES string of the molecule is COc1ccc(/C=C2\SC(=O)N(CCNC(=O)C(C)Oc3cccc(C)c3)C2=O)cc1. The average molecular weight is 441 g/mol. The summed E-state index contributed by atoms with van der Waals surface area (Å²) >= 11 is 0.885. The maximum absolute atomic E-state index is 12.6. The number of ether oxygens (including phenoxy) is 2. The molecule has 0 aromatic heterocycles. The fraction of sp³-hybridized carbons (Fsp3) is 0.261. The molecule has 1 atom stereocenters. The van der Waals surface area contributed by atoms with Gasteiger partial charge in [-0.15, -0.1) is 0 Å². The Morgan fingerprint density at radius 3 is 2.58 bits per heavy atom. The minimum Gasteiger partial charge on any atom is -0.497 e. The molecule has 31 heavy (non-hydrogen) atoms. The molecule has 1 heterocycles. The van der Waals surface area contributed by atoms with Crippen LogP contribution in [0.5, 0.6) is 11.5 Å². The van der Waals surface area contributed by atoms with Gasteiger partial charge in [0.15, 0.2) is 6.10 Å². The van der Waals surface area contributed by atoms with Crippen molar-refractivity contribution in [1.82, 2.24) is 10.2 Å². The van der Waals surface area contributed by atoms with Gasteiger partial charge in [0.05, 0.1) is 12.0 Å². The topological polar surface area (TPSA) is 84.9 Å². The molecule has 1 unspecified atom stereocenters.